The molecule has 0 aliphatic heterocycles. The van der Waals surface area contributed by atoms with Crippen molar-refractivity contribution in [3.63, 3.8) is 0 Å². The summed E-state index contributed by atoms with van der Waals surface area (Å²) in [6.07, 6.45) is 0. The van der Waals surface area contributed by atoms with Crippen LogP contribution in [-0.4, -0.2) is 31.5 Å². The van der Waals surface area contributed by atoms with Crippen LogP contribution < -0.4 is 9.47 Å². The molecule has 78 valence electrons. The van der Waals surface area contributed by atoms with E-state index in [1.807, 2.05) is 18.2 Å². The third kappa shape index (κ3) is 2.61. The molecule has 1 rings (SSSR count). The zero-order valence-electron chi connectivity index (χ0n) is 8.65. The van der Waals surface area contributed by atoms with Gasteiger partial charge < -0.3 is 14.7 Å². The number of ether oxygens (including phenoxy) is 2. The second kappa shape index (κ2) is 4.83. The molecule has 0 aliphatic rings. The van der Waals surface area contributed by atoms with Crippen molar-refractivity contribution in [1.82, 2.24) is 5.06 Å². The maximum Gasteiger partial charge on any atom is 0.161 e. The Morgan fingerprint density at radius 3 is 2.36 bits per heavy atom. The summed E-state index contributed by atoms with van der Waals surface area (Å²) in [6, 6.07) is 5.54. The lowest BCUT2D eigenvalue weighted by Gasteiger charge is -2.11. The normalized spacial score (nSPS) is 10.4. The van der Waals surface area contributed by atoms with Crippen LogP contribution in [0, 0.1) is 0 Å². The SMILES string of the molecule is COc1ccc(CN(C)O)cc1OC. The van der Waals surface area contributed by atoms with E-state index in [9.17, 15) is 0 Å². The third-order valence-electron chi connectivity index (χ3n) is 1.86. The van der Waals surface area contributed by atoms with Crippen molar-refractivity contribution in [3.05, 3.63) is 23.8 Å². The zero-order valence-corrected chi connectivity index (χ0v) is 8.65. The Kier molecular flexibility index (Phi) is 3.73. The van der Waals surface area contributed by atoms with Gasteiger partial charge in [0, 0.05) is 13.6 Å². The lowest BCUT2D eigenvalue weighted by molar-refractivity contribution is -0.0731. The fourth-order valence-corrected chi connectivity index (χ4v) is 1.24. The van der Waals surface area contributed by atoms with Crippen LogP contribution >= 0.6 is 0 Å². The minimum Gasteiger partial charge on any atom is -0.493 e. The van der Waals surface area contributed by atoms with E-state index in [1.54, 1.807) is 21.3 Å². The monoisotopic (exact) mass is 197 g/mol. The Hall–Kier alpha value is -1.26. The molecule has 1 aromatic carbocycles. The third-order valence-corrected chi connectivity index (χ3v) is 1.86. The van der Waals surface area contributed by atoms with Crippen LogP contribution in [0.25, 0.3) is 0 Å². The molecule has 0 aliphatic carbocycles. The summed E-state index contributed by atoms with van der Waals surface area (Å²) in [5.41, 5.74) is 0.965. The average Bonchev–Trinajstić information content (AvgIpc) is 2.16. The van der Waals surface area contributed by atoms with Gasteiger partial charge in [0.1, 0.15) is 0 Å². The van der Waals surface area contributed by atoms with Crippen molar-refractivity contribution in [2.24, 2.45) is 0 Å². The van der Waals surface area contributed by atoms with E-state index in [0.717, 1.165) is 10.6 Å². The van der Waals surface area contributed by atoms with Crippen molar-refractivity contribution in [2.75, 3.05) is 21.3 Å². The lowest BCUT2D eigenvalue weighted by Crippen LogP contribution is -2.11. The zero-order chi connectivity index (χ0) is 10.6. The highest BCUT2D eigenvalue weighted by Gasteiger charge is 2.04. The standard InChI is InChI=1S/C10H15NO3/c1-11(12)7-8-4-5-9(13-2)10(6-8)14-3/h4-6,12H,7H2,1-3H3. The molecule has 0 aromatic heterocycles. The van der Waals surface area contributed by atoms with Gasteiger partial charge in [-0.1, -0.05) is 6.07 Å². The van der Waals surface area contributed by atoms with Crippen molar-refractivity contribution < 1.29 is 14.7 Å². The predicted octanol–water partition coefficient (Wildman–Crippen LogP) is 1.52. The summed E-state index contributed by atoms with van der Waals surface area (Å²) < 4.78 is 10.2. The summed E-state index contributed by atoms with van der Waals surface area (Å²) in [6.45, 7) is 0.459. The molecule has 14 heavy (non-hydrogen) atoms. The molecule has 0 saturated carbocycles. The summed E-state index contributed by atoms with van der Waals surface area (Å²) in [7, 11) is 4.77. The van der Waals surface area contributed by atoms with E-state index in [0.29, 0.717) is 18.0 Å². The minimum atomic E-state index is 0.459. The Balaban J connectivity index is 2.89. The number of methoxy groups -OCH3 is 2. The molecular weight excluding hydrogens is 182 g/mol. The highest BCUT2D eigenvalue weighted by atomic mass is 16.5. The van der Waals surface area contributed by atoms with Gasteiger partial charge in [-0.2, -0.15) is 5.06 Å². The minimum absolute atomic E-state index is 0.459. The van der Waals surface area contributed by atoms with Crippen molar-refractivity contribution in [1.29, 1.82) is 0 Å². The smallest absolute Gasteiger partial charge is 0.161 e. The second-order valence-electron chi connectivity index (χ2n) is 3.01. The van der Waals surface area contributed by atoms with E-state index in [4.69, 9.17) is 14.7 Å². The fraction of sp³-hybridized carbons (Fsp3) is 0.400. The maximum absolute atomic E-state index is 9.06. The van der Waals surface area contributed by atoms with Gasteiger partial charge in [0.2, 0.25) is 0 Å². The first-order chi connectivity index (χ1) is 6.67. The summed E-state index contributed by atoms with van der Waals surface area (Å²) in [5, 5.41) is 10.2. The molecule has 0 amide bonds. The molecule has 0 atom stereocenters. The van der Waals surface area contributed by atoms with Gasteiger partial charge in [-0.05, 0) is 17.7 Å². The van der Waals surface area contributed by atoms with Crippen LogP contribution in [0.5, 0.6) is 11.5 Å². The summed E-state index contributed by atoms with van der Waals surface area (Å²) in [4.78, 5) is 0. The number of rotatable bonds is 4. The molecule has 0 unspecified atom stereocenters. The van der Waals surface area contributed by atoms with Crippen LogP contribution in [0.2, 0.25) is 0 Å². The average molecular weight is 197 g/mol. The van der Waals surface area contributed by atoms with Gasteiger partial charge in [-0.25, -0.2) is 0 Å². The van der Waals surface area contributed by atoms with Gasteiger partial charge in [0.15, 0.2) is 11.5 Å². The molecule has 0 saturated heterocycles. The molecule has 0 spiro atoms. The second-order valence-corrected chi connectivity index (χ2v) is 3.01. The first-order valence-corrected chi connectivity index (χ1v) is 4.28. The van der Waals surface area contributed by atoms with E-state index in [-0.39, 0.29) is 0 Å². The van der Waals surface area contributed by atoms with Crippen molar-refractivity contribution >= 4 is 0 Å². The van der Waals surface area contributed by atoms with Crippen LogP contribution in [0.3, 0.4) is 0 Å². The molecule has 0 heterocycles. The maximum atomic E-state index is 9.06. The molecule has 0 bridgehead atoms. The lowest BCUT2D eigenvalue weighted by atomic mass is 10.2. The molecule has 0 fully saturated rings. The van der Waals surface area contributed by atoms with Gasteiger partial charge in [-0.3, -0.25) is 0 Å². The molecular formula is C10H15NO3. The Morgan fingerprint density at radius 1 is 1.21 bits per heavy atom. The number of hydroxylamine groups is 2. The number of hydrogen-bond donors (Lipinski definition) is 1. The molecule has 1 aromatic rings. The van der Waals surface area contributed by atoms with Crippen LogP contribution in [-0.2, 0) is 6.54 Å². The van der Waals surface area contributed by atoms with E-state index in [1.165, 1.54) is 0 Å². The molecule has 1 N–H and O–H groups in total. The van der Waals surface area contributed by atoms with Gasteiger partial charge in [-0.15, -0.1) is 0 Å². The quantitative estimate of drug-likeness (QED) is 0.743. The van der Waals surface area contributed by atoms with Crippen LogP contribution in [0.1, 0.15) is 5.56 Å². The molecule has 4 heteroatoms. The summed E-state index contributed by atoms with van der Waals surface area (Å²) in [5.74, 6) is 1.36. The first kappa shape index (κ1) is 10.8. The number of nitrogens with zero attached hydrogens (tertiary/aromatic N) is 1. The van der Waals surface area contributed by atoms with Crippen LogP contribution in [0.4, 0.5) is 0 Å². The van der Waals surface area contributed by atoms with Gasteiger partial charge in [0.05, 0.1) is 14.2 Å². The van der Waals surface area contributed by atoms with E-state index < -0.39 is 0 Å². The van der Waals surface area contributed by atoms with E-state index in [2.05, 4.69) is 0 Å². The largest absolute Gasteiger partial charge is 0.493 e. The predicted molar refractivity (Wildman–Crippen MR) is 52.8 cm³/mol. The first-order valence-electron chi connectivity index (χ1n) is 4.28. The van der Waals surface area contributed by atoms with Gasteiger partial charge in [0.25, 0.3) is 0 Å². The Labute approximate surface area is 83.6 Å². The van der Waals surface area contributed by atoms with Crippen molar-refractivity contribution in [3.8, 4) is 11.5 Å². The number of benzene rings is 1. The molecule has 4 nitrogen and oxygen atoms in total. The number of hydrogen-bond acceptors (Lipinski definition) is 4. The van der Waals surface area contributed by atoms with E-state index >= 15 is 0 Å². The molecule has 0 radical (unpaired) electrons. The van der Waals surface area contributed by atoms with Gasteiger partial charge >= 0.3 is 0 Å². The van der Waals surface area contributed by atoms with Crippen LogP contribution in [0.15, 0.2) is 18.2 Å². The highest BCUT2D eigenvalue weighted by molar-refractivity contribution is 5.42. The fourth-order valence-electron chi connectivity index (χ4n) is 1.24. The van der Waals surface area contributed by atoms with Crippen molar-refractivity contribution in [2.45, 2.75) is 6.54 Å². The highest BCUT2D eigenvalue weighted by Crippen LogP contribution is 2.27. The Bertz CT molecular complexity index is 299. The topological polar surface area (TPSA) is 41.9 Å². The summed E-state index contributed by atoms with van der Waals surface area (Å²) >= 11 is 0. The Morgan fingerprint density at radius 2 is 1.86 bits per heavy atom.